The molecule has 2 aliphatic heterocycles. The van der Waals surface area contributed by atoms with Crippen LogP contribution >= 0.6 is 23.2 Å². The lowest BCUT2D eigenvalue weighted by Gasteiger charge is -2.18. The van der Waals surface area contributed by atoms with Gasteiger partial charge in [0.15, 0.2) is 0 Å². The van der Waals surface area contributed by atoms with Crippen molar-refractivity contribution < 1.29 is 19.1 Å². The van der Waals surface area contributed by atoms with Gasteiger partial charge in [0.05, 0.1) is 59.9 Å². The molecule has 0 bridgehead atoms. The van der Waals surface area contributed by atoms with Gasteiger partial charge in [-0.3, -0.25) is 29.4 Å². The van der Waals surface area contributed by atoms with Crippen LogP contribution in [0.1, 0.15) is 24.2 Å². The Kier molecular flexibility index (Phi) is 10.1. The number of hydrogen-bond acceptors (Lipinski definition) is 10. The lowest BCUT2D eigenvalue weighted by atomic mass is 9.98. The number of halogens is 2. The molecule has 0 saturated carbocycles. The maximum Gasteiger partial charge on any atom is 0.237 e. The first kappa shape index (κ1) is 33.5. The van der Waals surface area contributed by atoms with E-state index in [1.807, 2.05) is 36.4 Å². The smallest absolute Gasteiger partial charge is 0.237 e. The van der Waals surface area contributed by atoms with Gasteiger partial charge >= 0.3 is 0 Å². The fourth-order valence-corrected chi connectivity index (χ4v) is 6.96. The molecule has 2 atom stereocenters. The SMILES string of the molecule is COc1nc(-c2cccc(-c3cccc(-c4cnc(CN5CC[C@@H](C(N)=O)C5)c(OC)n4)c3Cl)c2Cl)cnc1CN1CC[C@@H](C(N)=O)C1. The van der Waals surface area contributed by atoms with Gasteiger partial charge in [0.25, 0.3) is 0 Å². The Labute approximate surface area is 288 Å². The largest absolute Gasteiger partial charge is 0.480 e. The van der Waals surface area contributed by atoms with Gasteiger partial charge in [0.1, 0.15) is 11.4 Å². The number of hydrogen-bond donors (Lipinski definition) is 2. The van der Waals surface area contributed by atoms with Crippen LogP contribution in [0.4, 0.5) is 0 Å². The molecule has 2 saturated heterocycles. The summed E-state index contributed by atoms with van der Waals surface area (Å²) in [6.45, 7) is 3.62. The van der Waals surface area contributed by atoms with Crippen LogP contribution in [0.15, 0.2) is 48.8 Å². The number of amides is 2. The molecule has 0 aliphatic carbocycles. The summed E-state index contributed by atoms with van der Waals surface area (Å²) in [5, 5.41) is 0.895. The first-order valence-corrected chi connectivity index (χ1v) is 16.3. The number of benzene rings is 2. The van der Waals surface area contributed by atoms with Crippen molar-refractivity contribution >= 4 is 35.0 Å². The van der Waals surface area contributed by atoms with Crippen molar-refractivity contribution in [2.45, 2.75) is 25.9 Å². The molecule has 4 aromatic rings. The fourth-order valence-electron chi connectivity index (χ4n) is 6.31. The number of likely N-dealkylation sites (tertiary alicyclic amines) is 2. The Morgan fingerprint density at radius 3 is 1.48 bits per heavy atom. The van der Waals surface area contributed by atoms with E-state index in [9.17, 15) is 9.59 Å². The number of rotatable bonds is 11. The molecule has 4 N–H and O–H groups in total. The molecule has 6 rings (SSSR count). The molecule has 4 heterocycles. The second-order valence-electron chi connectivity index (χ2n) is 12.0. The van der Waals surface area contributed by atoms with E-state index < -0.39 is 0 Å². The molecule has 2 aromatic heterocycles. The topological polar surface area (TPSA) is 163 Å². The van der Waals surface area contributed by atoms with E-state index in [2.05, 4.69) is 19.8 Å². The average molecular weight is 692 g/mol. The molecule has 0 spiro atoms. The van der Waals surface area contributed by atoms with Crippen molar-refractivity contribution in [3.05, 3.63) is 70.2 Å². The van der Waals surface area contributed by atoms with Crippen LogP contribution in [0.3, 0.4) is 0 Å². The highest BCUT2D eigenvalue weighted by Gasteiger charge is 2.29. The number of aromatic nitrogens is 4. The molecule has 12 nitrogen and oxygen atoms in total. The van der Waals surface area contributed by atoms with Gasteiger partial charge in [0, 0.05) is 48.4 Å². The minimum atomic E-state index is -0.286. The van der Waals surface area contributed by atoms with Crippen molar-refractivity contribution in [1.29, 1.82) is 0 Å². The summed E-state index contributed by atoms with van der Waals surface area (Å²) in [5.41, 5.74) is 16.1. The van der Waals surface area contributed by atoms with Crippen LogP contribution in [-0.2, 0) is 22.7 Å². The minimum absolute atomic E-state index is 0.164. The zero-order chi connectivity index (χ0) is 33.9. The summed E-state index contributed by atoms with van der Waals surface area (Å²) in [5.74, 6) is -0.141. The summed E-state index contributed by atoms with van der Waals surface area (Å²) >= 11 is 14.1. The summed E-state index contributed by atoms with van der Waals surface area (Å²) in [7, 11) is 3.10. The molecular formula is C34H36Cl2N8O4. The van der Waals surface area contributed by atoms with Gasteiger partial charge in [-0.25, -0.2) is 9.97 Å². The van der Waals surface area contributed by atoms with E-state index in [4.69, 9.17) is 54.1 Å². The Hall–Kier alpha value is -4.36. The number of methoxy groups -OCH3 is 2. The Bertz CT molecular complexity index is 1730. The van der Waals surface area contributed by atoms with E-state index in [0.29, 0.717) is 93.0 Å². The van der Waals surface area contributed by atoms with E-state index in [1.165, 1.54) is 0 Å². The van der Waals surface area contributed by atoms with Crippen LogP contribution in [-0.4, -0.2) is 81.9 Å². The fraction of sp³-hybridized carbons (Fsp3) is 0.353. The lowest BCUT2D eigenvalue weighted by molar-refractivity contribution is -0.122. The number of primary amides is 2. The van der Waals surface area contributed by atoms with Crippen molar-refractivity contribution in [1.82, 2.24) is 29.7 Å². The zero-order valence-corrected chi connectivity index (χ0v) is 28.2. The highest BCUT2D eigenvalue weighted by molar-refractivity contribution is 6.39. The zero-order valence-electron chi connectivity index (χ0n) is 26.7. The normalized spacial score (nSPS) is 18.2. The maximum atomic E-state index is 11.6. The lowest BCUT2D eigenvalue weighted by Crippen LogP contribution is -2.27. The first-order valence-electron chi connectivity index (χ1n) is 15.6. The standard InChI is InChI=1S/C34H36Cl2N8O4/c1-47-33-27(17-43-11-9-19(15-43)31(37)45)39-13-25(41-33)23-7-3-5-21(29(23)35)22-6-4-8-24(30(22)36)26-14-40-28(34(42-26)48-2)18-44-12-10-20(16-44)32(38)46/h3-8,13-14,19-20H,9-12,15-18H2,1-2H3,(H2,37,45)(H2,38,46)/t19-,20-/m1/s1. The van der Waals surface area contributed by atoms with E-state index in [-0.39, 0.29) is 23.7 Å². The molecular weight excluding hydrogens is 655 g/mol. The second kappa shape index (κ2) is 14.4. The minimum Gasteiger partial charge on any atom is -0.480 e. The van der Waals surface area contributed by atoms with Crippen LogP contribution in [0.2, 0.25) is 10.0 Å². The third-order valence-electron chi connectivity index (χ3n) is 8.95. The van der Waals surface area contributed by atoms with Crippen LogP contribution < -0.4 is 20.9 Å². The average Bonchev–Trinajstić information content (AvgIpc) is 3.76. The first-order chi connectivity index (χ1) is 23.2. The molecule has 250 valence electrons. The number of nitrogens with two attached hydrogens (primary N) is 2. The van der Waals surface area contributed by atoms with Gasteiger partial charge in [-0.1, -0.05) is 59.6 Å². The molecule has 2 amide bonds. The van der Waals surface area contributed by atoms with Crippen LogP contribution in [0.25, 0.3) is 33.6 Å². The molecule has 2 aromatic carbocycles. The number of carbonyl (C=O) groups excluding carboxylic acids is 2. The molecule has 14 heteroatoms. The van der Waals surface area contributed by atoms with Gasteiger partial charge in [0.2, 0.25) is 23.6 Å². The van der Waals surface area contributed by atoms with E-state index in [0.717, 1.165) is 25.9 Å². The maximum absolute atomic E-state index is 11.6. The summed E-state index contributed by atoms with van der Waals surface area (Å²) in [4.78, 5) is 46.3. The molecule has 2 fully saturated rings. The number of ether oxygens (including phenoxy) is 2. The summed E-state index contributed by atoms with van der Waals surface area (Å²) < 4.78 is 11.2. The Morgan fingerprint density at radius 1 is 0.729 bits per heavy atom. The Balaban J connectivity index is 1.26. The quantitative estimate of drug-likeness (QED) is 0.233. The molecule has 48 heavy (non-hydrogen) atoms. The van der Waals surface area contributed by atoms with Crippen molar-refractivity contribution in [3.63, 3.8) is 0 Å². The third-order valence-corrected chi connectivity index (χ3v) is 9.76. The molecule has 0 radical (unpaired) electrons. The van der Waals surface area contributed by atoms with Gasteiger partial charge in [-0.15, -0.1) is 0 Å². The number of nitrogens with zero attached hydrogens (tertiary/aromatic N) is 6. The Morgan fingerprint density at radius 2 is 1.12 bits per heavy atom. The van der Waals surface area contributed by atoms with Crippen molar-refractivity contribution in [2.75, 3.05) is 40.4 Å². The van der Waals surface area contributed by atoms with E-state index in [1.54, 1.807) is 26.6 Å². The summed E-state index contributed by atoms with van der Waals surface area (Å²) in [6, 6.07) is 11.3. The van der Waals surface area contributed by atoms with Crippen LogP contribution in [0, 0.1) is 11.8 Å². The third kappa shape index (κ3) is 6.93. The molecule has 0 unspecified atom stereocenters. The summed E-state index contributed by atoms with van der Waals surface area (Å²) in [6.07, 6.45) is 4.78. The van der Waals surface area contributed by atoms with Gasteiger partial charge < -0.3 is 20.9 Å². The van der Waals surface area contributed by atoms with Crippen molar-refractivity contribution in [2.24, 2.45) is 23.3 Å². The predicted octanol–water partition coefficient (Wildman–Crippen LogP) is 4.21. The monoisotopic (exact) mass is 690 g/mol. The predicted molar refractivity (Wildman–Crippen MR) is 182 cm³/mol. The number of carbonyl (C=O) groups is 2. The highest BCUT2D eigenvalue weighted by Crippen LogP contribution is 2.42. The van der Waals surface area contributed by atoms with Crippen molar-refractivity contribution in [3.8, 4) is 45.4 Å². The van der Waals surface area contributed by atoms with Gasteiger partial charge in [-0.2, -0.15) is 0 Å². The van der Waals surface area contributed by atoms with E-state index >= 15 is 0 Å². The molecule has 2 aliphatic rings. The van der Waals surface area contributed by atoms with Crippen LogP contribution in [0.5, 0.6) is 11.8 Å². The highest BCUT2D eigenvalue weighted by atomic mass is 35.5. The van der Waals surface area contributed by atoms with Gasteiger partial charge in [-0.05, 0) is 25.9 Å². The second-order valence-corrected chi connectivity index (χ2v) is 12.8.